The van der Waals surface area contributed by atoms with Crippen LogP contribution in [0, 0.1) is 47.0 Å². The van der Waals surface area contributed by atoms with Gasteiger partial charge in [0, 0.05) is 54.0 Å². The van der Waals surface area contributed by atoms with Crippen molar-refractivity contribution in [2.45, 2.75) is 60.8 Å². The van der Waals surface area contributed by atoms with Crippen LogP contribution < -0.4 is 0 Å². The fourth-order valence-corrected chi connectivity index (χ4v) is 3.95. The average Bonchev–Trinajstić information content (AvgIpc) is 3.16. The van der Waals surface area contributed by atoms with Crippen LogP contribution in [-0.2, 0) is 21.2 Å². The molecule has 2 unspecified atom stereocenters. The molecule has 1 saturated carbocycles. The van der Waals surface area contributed by atoms with E-state index in [-0.39, 0.29) is 23.9 Å². The average molecular weight is 480 g/mol. The number of ether oxygens (including phenoxy) is 1. The number of benzene rings is 2. The van der Waals surface area contributed by atoms with Crippen LogP contribution in [0.3, 0.4) is 0 Å². The zero-order valence-corrected chi connectivity index (χ0v) is 21.9. The fraction of sp³-hybridized carbons (Fsp3) is 0.464. The van der Waals surface area contributed by atoms with Gasteiger partial charge in [0.15, 0.2) is 0 Å². The maximum absolute atomic E-state index is 4.84. The third-order valence-electron chi connectivity index (χ3n) is 5.70. The maximum atomic E-state index is 4.84. The summed E-state index contributed by atoms with van der Waals surface area (Å²) < 4.78 is 4.83. The van der Waals surface area contributed by atoms with Gasteiger partial charge in [-0.2, -0.15) is 0 Å². The van der Waals surface area contributed by atoms with E-state index in [4.69, 9.17) is 14.7 Å². The zero-order valence-electron chi connectivity index (χ0n) is 20.9. The van der Waals surface area contributed by atoms with E-state index in [1.165, 1.54) is 41.5 Å². The van der Waals surface area contributed by atoms with Gasteiger partial charge < -0.3 is 12.2 Å². The molecule has 1 fully saturated rings. The Bertz CT molecular complexity index is 751. The van der Waals surface area contributed by atoms with Gasteiger partial charge in [-0.3, -0.25) is 9.98 Å². The topological polar surface area (TPSA) is 34.0 Å². The minimum absolute atomic E-state index is 0. The molecule has 1 aliphatic carbocycles. The molecule has 180 valence electrons. The molecule has 2 aromatic carbocycles. The van der Waals surface area contributed by atoms with E-state index in [0.717, 1.165) is 24.6 Å². The summed E-state index contributed by atoms with van der Waals surface area (Å²) >= 11 is 0. The smallest absolute Gasteiger partial charge is 0.0684 e. The standard InChI is InChI=1S/C23H28N2.C4H10O.CH3.Ni/c1-16-8-5-9-17(2)22(16)24-14-20-12-7-13-21(20)15-25-23-18(3)10-6-11-19(23)4;1-3-5-4-2;;/h5-6,8-11,14-15,20-21H,7,12-13H2,1-4H3;3-4H2,1-2H3;1H3;/q;;-1;. The summed E-state index contributed by atoms with van der Waals surface area (Å²) in [5.41, 5.74) is 7.23. The predicted molar refractivity (Wildman–Crippen MR) is 138 cm³/mol. The summed E-state index contributed by atoms with van der Waals surface area (Å²) in [6.07, 6.45) is 8.01. The quantitative estimate of drug-likeness (QED) is 0.235. The van der Waals surface area contributed by atoms with E-state index in [9.17, 15) is 0 Å². The fourth-order valence-electron chi connectivity index (χ4n) is 3.95. The first-order valence-corrected chi connectivity index (χ1v) is 11.3. The Morgan fingerprint density at radius 3 is 1.38 bits per heavy atom. The number of aliphatic imine (C=N–C) groups is 2. The zero-order chi connectivity index (χ0) is 21.9. The second-order valence-electron chi connectivity index (χ2n) is 8.08. The molecule has 3 nitrogen and oxygen atoms in total. The van der Waals surface area contributed by atoms with Gasteiger partial charge in [0.1, 0.15) is 0 Å². The van der Waals surface area contributed by atoms with Gasteiger partial charge in [-0.1, -0.05) is 42.8 Å². The third-order valence-corrected chi connectivity index (χ3v) is 5.70. The first kappa shape index (κ1) is 30.2. The van der Waals surface area contributed by atoms with Crippen molar-refractivity contribution in [1.82, 2.24) is 0 Å². The third kappa shape index (κ3) is 9.00. The van der Waals surface area contributed by atoms with E-state index in [1.807, 2.05) is 13.8 Å². The Morgan fingerprint density at radius 1 is 0.750 bits per heavy atom. The molecular weight excluding hydrogens is 439 g/mol. The van der Waals surface area contributed by atoms with Gasteiger partial charge in [-0.15, -0.1) is 0 Å². The summed E-state index contributed by atoms with van der Waals surface area (Å²) in [5.74, 6) is 0.985. The largest absolute Gasteiger partial charge is 0.382 e. The monoisotopic (exact) mass is 479 g/mol. The Labute approximate surface area is 206 Å². The number of aryl methyl sites for hydroxylation is 4. The molecule has 3 rings (SSSR count). The van der Waals surface area contributed by atoms with Crippen molar-refractivity contribution < 1.29 is 21.2 Å². The van der Waals surface area contributed by atoms with Gasteiger partial charge >= 0.3 is 0 Å². The Hall–Kier alpha value is -1.77. The summed E-state index contributed by atoms with van der Waals surface area (Å²) in [6.45, 7) is 14.2. The van der Waals surface area contributed by atoms with Crippen molar-refractivity contribution in [2.75, 3.05) is 13.2 Å². The molecule has 0 N–H and O–H groups in total. The van der Waals surface area contributed by atoms with Crippen LogP contribution in [-0.4, -0.2) is 25.6 Å². The van der Waals surface area contributed by atoms with Crippen LogP contribution in [0.1, 0.15) is 55.4 Å². The van der Waals surface area contributed by atoms with E-state index >= 15 is 0 Å². The minimum Gasteiger partial charge on any atom is -0.382 e. The van der Waals surface area contributed by atoms with Crippen LogP contribution in [0.5, 0.6) is 0 Å². The molecule has 0 spiro atoms. The van der Waals surface area contributed by atoms with Gasteiger partial charge in [-0.05, 0) is 76.6 Å². The van der Waals surface area contributed by atoms with E-state index < -0.39 is 0 Å². The van der Waals surface area contributed by atoms with Gasteiger partial charge in [-0.25, -0.2) is 0 Å². The molecule has 4 heteroatoms. The maximum Gasteiger partial charge on any atom is 0.0684 e. The molecule has 32 heavy (non-hydrogen) atoms. The van der Waals surface area contributed by atoms with E-state index in [1.54, 1.807) is 0 Å². The van der Waals surface area contributed by atoms with Crippen LogP contribution in [0.4, 0.5) is 11.4 Å². The Morgan fingerprint density at radius 2 is 1.09 bits per heavy atom. The summed E-state index contributed by atoms with van der Waals surface area (Å²) in [6, 6.07) is 12.7. The number of hydrogen-bond acceptors (Lipinski definition) is 3. The van der Waals surface area contributed by atoms with E-state index in [0.29, 0.717) is 11.8 Å². The summed E-state index contributed by atoms with van der Waals surface area (Å²) in [4.78, 5) is 9.68. The molecule has 0 heterocycles. The second kappa shape index (κ2) is 15.9. The molecule has 2 aromatic rings. The van der Waals surface area contributed by atoms with Crippen molar-refractivity contribution in [3.8, 4) is 0 Å². The first-order chi connectivity index (χ1) is 14.5. The molecule has 0 bridgehead atoms. The number of para-hydroxylation sites is 2. The second-order valence-corrected chi connectivity index (χ2v) is 8.08. The summed E-state index contributed by atoms with van der Waals surface area (Å²) in [7, 11) is 0. The van der Waals surface area contributed by atoms with E-state index in [2.05, 4.69) is 76.5 Å². The van der Waals surface area contributed by atoms with Gasteiger partial charge in [0.25, 0.3) is 0 Å². The molecule has 1 aliphatic rings. The Balaban J connectivity index is 0.00000124. The van der Waals surface area contributed by atoms with Gasteiger partial charge in [0.2, 0.25) is 0 Å². The first-order valence-electron chi connectivity index (χ1n) is 11.3. The van der Waals surface area contributed by atoms with Crippen molar-refractivity contribution in [1.29, 1.82) is 0 Å². The van der Waals surface area contributed by atoms with Crippen molar-refractivity contribution in [3.63, 3.8) is 0 Å². The van der Waals surface area contributed by atoms with Crippen LogP contribution in [0.2, 0.25) is 0 Å². The van der Waals surface area contributed by atoms with Crippen molar-refractivity contribution in [2.24, 2.45) is 21.8 Å². The van der Waals surface area contributed by atoms with Crippen molar-refractivity contribution in [3.05, 3.63) is 66.1 Å². The van der Waals surface area contributed by atoms with Crippen LogP contribution in [0.15, 0.2) is 46.4 Å². The number of nitrogens with zero attached hydrogens (tertiary/aromatic N) is 2. The normalized spacial score (nSPS) is 17.6. The number of hydrogen-bond donors (Lipinski definition) is 0. The molecule has 0 radical (unpaired) electrons. The predicted octanol–water partition coefficient (Wildman–Crippen LogP) is 7.93. The Kier molecular flexibility index (Phi) is 15.1. The van der Waals surface area contributed by atoms with Crippen LogP contribution in [0.25, 0.3) is 0 Å². The van der Waals surface area contributed by atoms with Crippen LogP contribution >= 0.6 is 0 Å². The number of rotatable bonds is 6. The molecule has 0 amide bonds. The molecular formula is C28H41N2NiO-. The van der Waals surface area contributed by atoms with Crippen molar-refractivity contribution >= 4 is 23.8 Å². The molecule has 2 atom stereocenters. The minimum atomic E-state index is 0. The SMILES string of the molecule is CCOCC.Cc1cccc(C)c1N=CC1CCCC1C=Nc1c(C)cccc1C.[CH3-].[Ni]. The summed E-state index contributed by atoms with van der Waals surface area (Å²) in [5, 5.41) is 0. The molecule has 0 saturated heterocycles. The van der Waals surface area contributed by atoms with Gasteiger partial charge in [0.05, 0.1) is 11.4 Å². The molecule has 0 aliphatic heterocycles. The molecule has 0 aromatic heterocycles.